The largest absolute Gasteiger partial charge is 0.323 e. The summed E-state index contributed by atoms with van der Waals surface area (Å²) >= 11 is 0. The number of nitrogens with zero attached hydrogens (tertiary/aromatic N) is 3. The van der Waals surface area contributed by atoms with E-state index in [1.54, 1.807) is 12.4 Å². The Morgan fingerprint density at radius 2 is 2.43 bits per heavy atom. The number of H-pyrrole nitrogens is 1. The maximum atomic E-state index is 4.37. The van der Waals surface area contributed by atoms with Gasteiger partial charge in [-0.3, -0.25) is 5.10 Å². The average molecular weight is 191 g/mol. The van der Waals surface area contributed by atoms with Crippen LogP contribution in [0.3, 0.4) is 0 Å². The number of aryl methyl sites for hydroxylation is 2. The van der Waals surface area contributed by atoms with Crippen molar-refractivity contribution in [2.24, 2.45) is 0 Å². The topological polar surface area (TPSA) is 58.5 Å². The average Bonchev–Trinajstić information content (AvgIpc) is 2.76. The van der Waals surface area contributed by atoms with Gasteiger partial charge in [0.1, 0.15) is 0 Å². The van der Waals surface area contributed by atoms with Crippen LogP contribution in [0.2, 0.25) is 0 Å². The Labute approximate surface area is 82.2 Å². The first kappa shape index (κ1) is 8.80. The number of hydrogen-bond donors (Lipinski definition) is 2. The van der Waals surface area contributed by atoms with Crippen LogP contribution in [0.15, 0.2) is 18.6 Å². The molecule has 0 atom stereocenters. The molecular weight excluding hydrogens is 178 g/mol. The molecule has 2 heterocycles. The second-order valence-electron chi connectivity index (χ2n) is 3.10. The normalized spacial score (nSPS) is 10.4. The molecule has 0 aromatic carbocycles. The molecule has 0 unspecified atom stereocenters. The lowest BCUT2D eigenvalue weighted by Crippen LogP contribution is -2.00. The molecule has 2 aromatic heterocycles. The van der Waals surface area contributed by atoms with Crippen molar-refractivity contribution < 1.29 is 0 Å². The second kappa shape index (κ2) is 3.53. The van der Waals surface area contributed by atoms with Crippen molar-refractivity contribution in [3.05, 3.63) is 24.3 Å². The molecule has 0 saturated carbocycles. The van der Waals surface area contributed by atoms with Gasteiger partial charge in [-0.05, 0) is 13.8 Å². The molecule has 0 radical (unpaired) electrons. The molecule has 5 nitrogen and oxygen atoms in total. The Kier molecular flexibility index (Phi) is 2.22. The van der Waals surface area contributed by atoms with Crippen molar-refractivity contribution in [1.82, 2.24) is 19.7 Å². The van der Waals surface area contributed by atoms with Crippen LogP contribution in [0.5, 0.6) is 0 Å². The van der Waals surface area contributed by atoms with Crippen LogP contribution in [0.4, 0.5) is 11.6 Å². The molecule has 14 heavy (non-hydrogen) atoms. The molecule has 2 rings (SSSR count). The molecule has 0 spiro atoms. The van der Waals surface area contributed by atoms with Gasteiger partial charge in [0.15, 0.2) is 0 Å². The van der Waals surface area contributed by atoms with Gasteiger partial charge in [0.25, 0.3) is 0 Å². The Balaban J connectivity index is 2.23. The summed E-state index contributed by atoms with van der Waals surface area (Å²) in [5, 5.41) is 9.78. The first-order valence-electron chi connectivity index (χ1n) is 4.59. The van der Waals surface area contributed by atoms with Gasteiger partial charge in [0, 0.05) is 18.9 Å². The van der Waals surface area contributed by atoms with E-state index >= 15 is 0 Å². The summed E-state index contributed by atoms with van der Waals surface area (Å²) in [5.74, 6) is 0.853. The third kappa shape index (κ3) is 1.61. The minimum absolute atomic E-state index is 0.853. The van der Waals surface area contributed by atoms with E-state index < -0.39 is 0 Å². The molecule has 74 valence electrons. The highest BCUT2D eigenvalue weighted by Gasteiger charge is 2.04. The lowest BCUT2D eigenvalue weighted by molar-refractivity contribution is 0.771. The van der Waals surface area contributed by atoms with E-state index in [2.05, 4.69) is 32.0 Å². The van der Waals surface area contributed by atoms with E-state index in [1.165, 1.54) is 0 Å². The van der Waals surface area contributed by atoms with Crippen molar-refractivity contribution in [2.45, 2.75) is 20.4 Å². The zero-order valence-corrected chi connectivity index (χ0v) is 8.28. The standard InChI is InChI=1S/C9H13N5/c1-3-14-6-7(2)12-9(14)13-8-4-10-11-5-8/h4-6H,3H2,1-2H3,(H,10,11)(H,12,13). The highest BCUT2D eigenvalue weighted by atomic mass is 15.2. The van der Waals surface area contributed by atoms with Crippen LogP contribution in [-0.2, 0) is 6.54 Å². The van der Waals surface area contributed by atoms with Crippen LogP contribution in [0, 0.1) is 6.92 Å². The molecule has 0 bridgehead atoms. The van der Waals surface area contributed by atoms with Gasteiger partial charge in [-0.2, -0.15) is 5.10 Å². The van der Waals surface area contributed by atoms with E-state index in [1.807, 2.05) is 13.1 Å². The number of rotatable bonds is 3. The van der Waals surface area contributed by atoms with Crippen molar-refractivity contribution in [3.8, 4) is 0 Å². The summed E-state index contributed by atoms with van der Waals surface area (Å²) in [6.07, 6.45) is 5.54. The molecule has 0 aliphatic rings. The Bertz CT molecular complexity index is 401. The first-order chi connectivity index (χ1) is 6.79. The van der Waals surface area contributed by atoms with Crippen LogP contribution in [-0.4, -0.2) is 19.7 Å². The number of nitrogens with one attached hydrogen (secondary N) is 2. The van der Waals surface area contributed by atoms with E-state index in [0.29, 0.717) is 0 Å². The fourth-order valence-electron chi connectivity index (χ4n) is 1.34. The van der Waals surface area contributed by atoms with Gasteiger partial charge >= 0.3 is 0 Å². The summed E-state index contributed by atoms with van der Waals surface area (Å²) in [6.45, 7) is 4.97. The highest BCUT2D eigenvalue weighted by Crippen LogP contribution is 2.14. The zero-order valence-electron chi connectivity index (χ0n) is 8.28. The Morgan fingerprint density at radius 1 is 1.57 bits per heavy atom. The summed E-state index contributed by atoms with van der Waals surface area (Å²) in [5.41, 5.74) is 1.93. The van der Waals surface area contributed by atoms with Gasteiger partial charge in [-0.1, -0.05) is 0 Å². The Hall–Kier alpha value is -1.78. The van der Waals surface area contributed by atoms with Crippen molar-refractivity contribution >= 4 is 11.6 Å². The SMILES string of the molecule is CCn1cc(C)nc1Nc1cn[nH]c1. The third-order valence-electron chi connectivity index (χ3n) is 1.99. The van der Waals surface area contributed by atoms with Crippen molar-refractivity contribution in [3.63, 3.8) is 0 Å². The maximum absolute atomic E-state index is 4.37. The van der Waals surface area contributed by atoms with Gasteiger partial charge in [0.05, 0.1) is 17.6 Å². The number of hydrogen-bond acceptors (Lipinski definition) is 3. The van der Waals surface area contributed by atoms with Gasteiger partial charge in [-0.25, -0.2) is 4.98 Å². The molecule has 2 aromatic rings. The van der Waals surface area contributed by atoms with Crippen LogP contribution in [0.1, 0.15) is 12.6 Å². The fourth-order valence-corrected chi connectivity index (χ4v) is 1.34. The maximum Gasteiger partial charge on any atom is 0.207 e. The lowest BCUT2D eigenvalue weighted by atomic mass is 10.5. The van der Waals surface area contributed by atoms with Crippen LogP contribution >= 0.6 is 0 Å². The molecule has 0 saturated heterocycles. The molecule has 0 amide bonds. The number of aromatic amines is 1. The van der Waals surface area contributed by atoms with Gasteiger partial charge in [0.2, 0.25) is 5.95 Å². The van der Waals surface area contributed by atoms with E-state index in [9.17, 15) is 0 Å². The van der Waals surface area contributed by atoms with Crippen LogP contribution < -0.4 is 5.32 Å². The number of anilines is 2. The predicted molar refractivity (Wildman–Crippen MR) is 54.5 cm³/mol. The smallest absolute Gasteiger partial charge is 0.207 e. The summed E-state index contributed by atoms with van der Waals surface area (Å²) in [7, 11) is 0. The summed E-state index contributed by atoms with van der Waals surface area (Å²) in [6, 6.07) is 0. The first-order valence-corrected chi connectivity index (χ1v) is 4.59. The van der Waals surface area contributed by atoms with Crippen LogP contribution in [0.25, 0.3) is 0 Å². The summed E-state index contributed by atoms with van der Waals surface area (Å²) in [4.78, 5) is 4.37. The third-order valence-corrected chi connectivity index (χ3v) is 1.99. The van der Waals surface area contributed by atoms with Crippen molar-refractivity contribution in [1.29, 1.82) is 0 Å². The second-order valence-corrected chi connectivity index (χ2v) is 3.10. The monoisotopic (exact) mass is 191 g/mol. The Morgan fingerprint density at radius 3 is 3.07 bits per heavy atom. The molecular formula is C9H13N5. The molecule has 2 N–H and O–H groups in total. The molecule has 0 aliphatic heterocycles. The fraction of sp³-hybridized carbons (Fsp3) is 0.333. The van der Waals surface area contributed by atoms with E-state index in [0.717, 1.165) is 23.9 Å². The minimum atomic E-state index is 0.853. The van der Waals surface area contributed by atoms with Gasteiger partial charge in [-0.15, -0.1) is 0 Å². The van der Waals surface area contributed by atoms with Crippen molar-refractivity contribution in [2.75, 3.05) is 5.32 Å². The molecule has 0 fully saturated rings. The zero-order chi connectivity index (χ0) is 9.97. The highest BCUT2D eigenvalue weighted by molar-refractivity contribution is 5.50. The summed E-state index contributed by atoms with van der Waals surface area (Å²) < 4.78 is 2.06. The predicted octanol–water partition coefficient (Wildman–Crippen LogP) is 1.68. The van der Waals surface area contributed by atoms with E-state index in [-0.39, 0.29) is 0 Å². The quantitative estimate of drug-likeness (QED) is 0.776. The number of imidazole rings is 1. The lowest BCUT2D eigenvalue weighted by Gasteiger charge is -2.04. The van der Waals surface area contributed by atoms with Gasteiger partial charge < -0.3 is 9.88 Å². The molecule has 5 heteroatoms. The minimum Gasteiger partial charge on any atom is -0.323 e. The number of aromatic nitrogens is 4. The molecule has 0 aliphatic carbocycles. The van der Waals surface area contributed by atoms with E-state index in [4.69, 9.17) is 0 Å².